The number of Topliss-reactive ketones (excluding diaryl/α,β-unsaturated/α-hetero) is 2. The van der Waals surface area contributed by atoms with E-state index in [2.05, 4.69) is 21.3 Å². The topological polar surface area (TPSA) is 170 Å². The van der Waals surface area contributed by atoms with Crippen LogP contribution < -0.4 is 26.0 Å². The van der Waals surface area contributed by atoms with Crippen molar-refractivity contribution in [2.45, 2.75) is 148 Å². The first-order valence-corrected chi connectivity index (χ1v) is 24.7. The highest BCUT2D eigenvalue weighted by Gasteiger charge is 2.54. The summed E-state index contributed by atoms with van der Waals surface area (Å²) in [5.74, 6) is -0.914. The number of ether oxygens (including phenoxy) is 4. The molecule has 2 aliphatic rings. The number of anilines is 2. The van der Waals surface area contributed by atoms with Gasteiger partial charge in [0.25, 0.3) is 0 Å². The molecule has 0 saturated carbocycles. The average molecular weight is 965 g/mol. The minimum Gasteiger partial charge on any atom is -0.459 e. The zero-order chi connectivity index (χ0) is 51.4. The molecular formula is C58H68N4O9. The zero-order valence-electron chi connectivity index (χ0n) is 42.6. The SMILES string of the molecule is CCC(C)(NC(C)C(=O)C(C)(CC)Nc1ccc2c(c1)Oc1cc(NC(C)(CC)C(=O)C(C)NC(C)(CC)C(=O)OCc3ccccc3)ccc1C21OC(=O)c2ccccc21)C(=O)OCc1ccccc1. The van der Waals surface area contributed by atoms with Crippen LogP contribution in [0.5, 0.6) is 11.5 Å². The number of hydrogen-bond acceptors (Lipinski definition) is 13. The highest BCUT2D eigenvalue weighted by Crippen LogP contribution is 2.57. The van der Waals surface area contributed by atoms with Crippen molar-refractivity contribution in [3.05, 3.63) is 155 Å². The maximum absolute atomic E-state index is 14.5. The van der Waals surface area contributed by atoms with Gasteiger partial charge in [0.2, 0.25) is 0 Å². The van der Waals surface area contributed by atoms with Crippen molar-refractivity contribution in [2.24, 2.45) is 0 Å². The summed E-state index contributed by atoms with van der Waals surface area (Å²) in [5.41, 5.74) is -0.682. The first-order chi connectivity index (χ1) is 33.8. The first-order valence-electron chi connectivity index (χ1n) is 24.7. The Labute approximate surface area is 417 Å². The third-order valence-corrected chi connectivity index (χ3v) is 14.7. The quantitative estimate of drug-likeness (QED) is 0.0382. The third-order valence-electron chi connectivity index (χ3n) is 14.7. The van der Waals surface area contributed by atoms with E-state index in [0.717, 1.165) is 11.1 Å². The van der Waals surface area contributed by atoms with Crippen molar-refractivity contribution in [3.63, 3.8) is 0 Å². The van der Waals surface area contributed by atoms with Gasteiger partial charge in [-0.15, -0.1) is 0 Å². The summed E-state index contributed by atoms with van der Waals surface area (Å²) in [6, 6.07) is 35.7. The van der Waals surface area contributed by atoms with Crippen LogP contribution in [-0.4, -0.2) is 63.7 Å². The maximum Gasteiger partial charge on any atom is 0.340 e. The third kappa shape index (κ3) is 10.3. The van der Waals surface area contributed by atoms with Crippen LogP contribution in [0, 0.1) is 0 Å². The van der Waals surface area contributed by atoms with E-state index in [4.69, 9.17) is 18.9 Å². The van der Waals surface area contributed by atoms with E-state index < -0.39 is 57.7 Å². The molecule has 2 heterocycles. The summed E-state index contributed by atoms with van der Waals surface area (Å²) in [6.07, 6.45) is 1.59. The van der Waals surface area contributed by atoms with E-state index in [1.165, 1.54) is 0 Å². The molecule has 374 valence electrons. The number of benzene rings is 5. The molecule has 6 atom stereocenters. The molecule has 0 radical (unpaired) electrons. The van der Waals surface area contributed by atoms with Gasteiger partial charge in [-0.3, -0.25) is 29.8 Å². The normalized spacial score (nSPS) is 18.8. The molecule has 0 amide bonds. The molecule has 71 heavy (non-hydrogen) atoms. The molecule has 6 unspecified atom stereocenters. The van der Waals surface area contributed by atoms with Gasteiger partial charge in [-0.2, -0.15) is 0 Å². The van der Waals surface area contributed by atoms with Crippen LogP contribution in [0.25, 0.3) is 0 Å². The summed E-state index contributed by atoms with van der Waals surface area (Å²) in [5, 5.41) is 13.5. The average Bonchev–Trinajstić information content (AvgIpc) is 3.68. The van der Waals surface area contributed by atoms with Crippen LogP contribution in [0.2, 0.25) is 0 Å². The van der Waals surface area contributed by atoms with Gasteiger partial charge in [0.1, 0.15) is 35.8 Å². The molecule has 0 bridgehead atoms. The van der Waals surface area contributed by atoms with Gasteiger partial charge in [-0.25, -0.2) is 4.79 Å². The Bertz CT molecular complexity index is 2630. The Balaban J connectivity index is 1.14. The summed E-state index contributed by atoms with van der Waals surface area (Å²) >= 11 is 0. The molecule has 2 aliphatic heterocycles. The highest BCUT2D eigenvalue weighted by molar-refractivity contribution is 5.98. The van der Waals surface area contributed by atoms with Crippen molar-refractivity contribution in [3.8, 4) is 11.5 Å². The molecular weight excluding hydrogens is 897 g/mol. The van der Waals surface area contributed by atoms with Gasteiger partial charge in [0.15, 0.2) is 17.2 Å². The number of rotatable bonds is 22. The van der Waals surface area contributed by atoms with Crippen LogP contribution >= 0.6 is 0 Å². The highest BCUT2D eigenvalue weighted by atomic mass is 16.6. The van der Waals surface area contributed by atoms with Crippen LogP contribution in [0.3, 0.4) is 0 Å². The first kappa shape index (κ1) is 52.0. The molecule has 0 aromatic heterocycles. The molecule has 0 aliphatic carbocycles. The van der Waals surface area contributed by atoms with E-state index in [9.17, 15) is 24.0 Å². The van der Waals surface area contributed by atoms with Gasteiger partial charge in [-0.05, 0) is 109 Å². The van der Waals surface area contributed by atoms with E-state index >= 15 is 0 Å². The number of ketones is 2. The lowest BCUT2D eigenvalue weighted by Gasteiger charge is -2.39. The van der Waals surface area contributed by atoms with Crippen LogP contribution in [0.1, 0.15) is 133 Å². The number of nitrogens with one attached hydrogen (secondary N) is 4. The number of esters is 3. The van der Waals surface area contributed by atoms with Gasteiger partial charge < -0.3 is 29.6 Å². The zero-order valence-corrected chi connectivity index (χ0v) is 42.6. The Kier molecular flexibility index (Phi) is 15.3. The Morgan fingerprint density at radius 1 is 0.535 bits per heavy atom. The number of fused-ring (bicyclic) bond motifs is 6. The molecule has 0 fully saturated rings. The summed E-state index contributed by atoms with van der Waals surface area (Å²) in [7, 11) is 0. The summed E-state index contributed by atoms with van der Waals surface area (Å²) < 4.78 is 24.6. The molecule has 0 saturated heterocycles. The number of hydrogen-bond donors (Lipinski definition) is 4. The van der Waals surface area contributed by atoms with Gasteiger partial charge in [0.05, 0.1) is 28.7 Å². The Morgan fingerprint density at radius 3 is 1.34 bits per heavy atom. The predicted molar refractivity (Wildman–Crippen MR) is 274 cm³/mol. The standard InChI is InChI=1S/C58H68N4O9/c1-11-54(7,49(63)37(5)59-56(9,13-3)52(66)68-35-39-23-17-15-18-24-39)61-41-29-31-45-47(33-41)70-48-34-42(30-32-46(48)58(45)44-28-22-21-27-43(44)51(65)71-58)62-55(8,12-2)50(64)38(6)60-57(10,14-4)53(67)69-36-40-25-19-16-20-26-40/h15-34,37-38,59-62H,11-14,35-36H2,1-10H3. The predicted octanol–water partition coefficient (Wildman–Crippen LogP) is 10.3. The van der Waals surface area contributed by atoms with E-state index in [0.29, 0.717) is 70.8 Å². The minimum atomic E-state index is -1.38. The Morgan fingerprint density at radius 2 is 0.930 bits per heavy atom. The lowest BCUT2D eigenvalue weighted by molar-refractivity contribution is -0.154. The maximum atomic E-state index is 14.5. The van der Waals surface area contributed by atoms with Crippen LogP contribution in [0.4, 0.5) is 11.4 Å². The Hall–Kier alpha value is -6.83. The molecule has 5 aromatic carbocycles. The minimum absolute atomic E-state index is 0.118. The van der Waals surface area contributed by atoms with Crippen molar-refractivity contribution in [1.29, 1.82) is 0 Å². The van der Waals surface area contributed by atoms with Gasteiger partial charge >= 0.3 is 17.9 Å². The summed E-state index contributed by atoms with van der Waals surface area (Å²) in [4.78, 5) is 69.6. The molecule has 1 spiro atoms. The largest absolute Gasteiger partial charge is 0.459 e. The van der Waals surface area contributed by atoms with Crippen molar-refractivity contribution in [2.75, 3.05) is 10.6 Å². The van der Waals surface area contributed by atoms with E-state index in [1.807, 2.05) is 139 Å². The molecule has 13 heteroatoms. The second-order valence-electron chi connectivity index (χ2n) is 19.7. The van der Waals surface area contributed by atoms with Gasteiger partial charge in [0, 0.05) is 40.2 Å². The second-order valence-corrected chi connectivity index (χ2v) is 19.7. The van der Waals surface area contributed by atoms with Crippen molar-refractivity contribution < 1.29 is 42.9 Å². The molecule has 5 aromatic rings. The second kappa shape index (κ2) is 20.9. The van der Waals surface area contributed by atoms with Crippen molar-refractivity contribution >= 4 is 40.8 Å². The fourth-order valence-corrected chi connectivity index (χ4v) is 9.54. The fraction of sp³-hybridized carbons (Fsp3) is 0.397. The fourth-order valence-electron chi connectivity index (χ4n) is 9.54. The van der Waals surface area contributed by atoms with Crippen LogP contribution in [0.15, 0.2) is 121 Å². The lowest BCUT2D eigenvalue weighted by Crippen LogP contribution is -2.60. The lowest BCUT2D eigenvalue weighted by atomic mass is 9.77. The van der Waals surface area contributed by atoms with E-state index in [-0.39, 0.29) is 24.8 Å². The monoisotopic (exact) mass is 964 g/mol. The van der Waals surface area contributed by atoms with E-state index in [1.54, 1.807) is 52.0 Å². The van der Waals surface area contributed by atoms with Gasteiger partial charge in [-0.1, -0.05) is 107 Å². The molecule has 13 nitrogen and oxygen atoms in total. The number of carbonyl (C=O) groups is 5. The van der Waals surface area contributed by atoms with Crippen molar-refractivity contribution in [1.82, 2.24) is 10.6 Å². The molecule has 7 rings (SSSR count). The smallest absolute Gasteiger partial charge is 0.340 e. The van der Waals surface area contributed by atoms with Crippen LogP contribution in [-0.2, 0) is 52.2 Å². The number of carbonyl (C=O) groups excluding carboxylic acids is 5. The molecule has 4 N–H and O–H groups in total. The summed E-state index contributed by atoms with van der Waals surface area (Å²) in [6.45, 7) is 18.5.